The Labute approximate surface area is 152 Å². The Kier molecular flexibility index (Phi) is 4.61. The fraction of sp³-hybridized carbons (Fsp3) is 0.125. The minimum absolute atomic E-state index is 0.0493. The van der Waals surface area contributed by atoms with Gasteiger partial charge in [0.05, 0.1) is 15.0 Å². The summed E-state index contributed by atoms with van der Waals surface area (Å²) in [6, 6.07) is 10.6. The molecule has 0 spiro atoms. The molecule has 0 radical (unpaired) electrons. The maximum absolute atomic E-state index is 11.9. The molecule has 0 aromatic heterocycles. The van der Waals surface area contributed by atoms with E-state index >= 15 is 0 Å². The molecule has 0 fully saturated rings. The number of carbonyl (C=O) groups is 1. The van der Waals surface area contributed by atoms with Gasteiger partial charge in [0.1, 0.15) is 0 Å². The summed E-state index contributed by atoms with van der Waals surface area (Å²) >= 11 is 11.9. The first-order valence-electron chi connectivity index (χ1n) is 7.11. The summed E-state index contributed by atoms with van der Waals surface area (Å²) in [6.45, 7) is 1.36. The van der Waals surface area contributed by atoms with Crippen LogP contribution < -0.4 is 0 Å². The molecule has 1 aliphatic rings. The van der Waals surface area contributed by atoms with Crippen molar-refractivity contribution in [1.29, 1.82) is 0 Å². The molecule has 0 bridgehead atoms. The molecule has 7 nitrogen and oxygen atoms in total. The predicted molar refractivity (Wildman–Crippen MR) is 92.4 cm³/mol. The fourth-order valence-corrected chi connectivity index (χ4v) is 2.60. The second kappa shape index (κ2) is 6.70. The molecule has 1 aliphatic heterocycles. The van der Waals surface area contributed by atoms with E-state index in [1.807, 2.05) is 0 Å². The number of ether oxygens (including phenoxy) is 1. The number of nitrogens with zero attached hydrogens (tertiary/aromatic N) is 3. The number of halogens is 2. The van der Waals surface area contributed by atoms with Crippen molar-refractivity contribution in [2.75, 3.05) is 0 Å². The molecule has 1 amide bonds. The first kappa shape index (κ1) is 17.2. The Balaban J connectivity index is 1.92. The minimum atomic E-state index is -0.794. The molecular formula is C16H11Cl2N3O4. The van der Waals surface area contributed by atoms with Gasteiger partial charge < -0.3 is 4.74 Å². The van der Waals surface area contributed by atoms with Crippen molar-refractivity contribution in [2.24, 2.45) is 5.10 Å². The first-order valence-corrected chi connectivity index (χ1v) is 7.87. The van der Waals surface area contributed by atoms with E-state index in [-0.39, 0.29) is 17.5 Å². The molecule has 9 heteroatoms. The fourth-order valence-electron chi connectivity index (χ4n) is 2.29. The Morgan fingerprint density at radius 3 is 2.44 bits per heavy atom. The third-order valence-electron chi connectivity index (χ3n) is 3.52. The second-order valence-corrected chi connectivity index (χ2v) is 6.03. The molecule has 3 rings (SSSR count). The number of rotatable bonds is 3. The van der Waals surface area contributed by atoms with Gasteiger partial charge in [-0.25, -0.2) is 0 Å². The molecule has 128 valence electrons. The molecule has 1 atom stereocenters. The maximum Gasteiger partial charge on any atom is 0.269 e. The Morgan fingerprint density at radius 2 is 1.88 bits per heavy atom. The summed E-state index contributed by atoms with van der Waals surface area (Å²) in [5, 5.41) is 16.8. The van der Waals surface area contributed by atoms with Gasteiger partial charge in [0.2, 0.25) is 18.0 Å². The number of hydrazone groups is 1. The van der Waals surface area contributed by atoms with Gasteiger partial charge in [-0.1, -0.05) is 29.3 Å². The summed E-state index contributed by atoms with van der Waals surface area (Å²) in [4.78, 5) is 22.1. The lowest BCUT2D eigenvalue weighted by atomic mass is 10.2. The quantitative estimate of drug-likeness (QED) is 0.592. The molecule has 0 saturated heterocycles. The molecule has 2 aromatic carbocycles. The topological polar surface area (TPSA) is 85.0 Å². The van der Waals surface area contributed by atoms with Crippen LogP contribution in [-0.4, -0.2) is 21.7 Å². The van der Waals surface area contributed by atoms with Crippen molar-refractivity contribution in [1.82, 2.24) is 5.01 Å². The minimum Gasteiger partial charge on any atom is -0.446 e. The number of benzene rings is 2. The Bertz CT molecular complexity index is 883. The highest BCUT2D eigenvalue weighted by molar-refractivity contribution is 6.42. The summed E-state index contributed by atoms with van der Waals surface area (Å²) in [5.74, 6) is -0.144. The average molecular weight is 380 g/mol. The van der Waals surface area contributed by atoms with Crippen molar-refractivity contribution < 1.29 is 14.5 Å². The number of carbonyl (C=O) groups excluding carboxylic acids is 1. The van der Waals surface area contributed by atoms with Crippen LogP contribution in [0.4, 0.5) is 5.69 Å². The van der Waals surface area contributed by atoms with Crippen molar-refractivity contribution in [3.63, 3.8) is 0 Å². The van der Waals surface area contributed by atoms with E-state index in [9.17, 15) is 14.9 Å². The Hall–Kier alpha value is -2.64. The summed E-state index contributed by atoms with van der Waals surface area (Å²) < 4.78 is 5.79. The van der Waals surface area contributed by atoms with E-state index in [0.717, 1.165) is 0 Å². The molecular weight excluding hydrogens is 369 g/mol. The monoisotopic (exact) mass is 379 g/mol. The van der Waals surface area contributed by atoms with E-state index in [1.165, 1.54) is 36.2 Å². The lowest BCUT2D eigenvalue weighted by Gasteiger charge is -2.19. The van der Waals surface area contributed by atoms with Crippen LogP contribution in [0, 0.1) is 10.1 Å². The van der Waals surface area contributed by atoms with Crippen LogP contribution in [0.15, 0.2) is 47.6 Å². The van der Waals surface area contributed by atoms with Gasteiger partial charge in [-0.05, 0) is 24.3 Å². The number of nitro benzene ring substituents is 1. The maximum atomic E-state index is 11.9. The SMILES string of the molecule is CC(=O)N1N=C(c2ccc([N+](=O)[O-])cc2)OC1c1ccc(Cl)c(Cl)c1. The molecule has 0 saturated carbocycles. The van der Waals surface area contributed by atoms with E-state index < -0.39 is 11.2 Å². The molecule has 1 heterocycles. The number of non-ortho nitro benzene ring substituents is 1. The molecule has 1 unspecified atom stereocenters. The third kappa shape index (κ3) is 3.42. The second-order valence-electron chi connectivity index (χ2n) is 5.22. The number of hydrogen-bond donors (Lipinski definition) is 0. The zero-order valence-corrected chi connectivity index (χ0v) is 14.4. The molecule has 0 N–H and O–H groups in total. The van der Waals surface area contributed by atoms with Crippen molar-refractivity contribution in [3.8, 4) is 0 Å². The third-order valence-corrected chi connectivity index (χ3v) is 4.26. The molecule has 0 aliphatic carbocycles. The average Bonchev–Trinajstić information content (AvgIpc) is 3.03. The van der Waals surface area contributed by atoms with Crippen molar-refractivity contribution in [3.05, 3.63) is 73.8 Å². The van der Waals surface area contributed by atoms with E-state index in [1.54, 1.807) is 18.2 Å². The van der Waals surface area contributed by atoms with Gasteiger partial charge in [-0.2, -0.15) is 5.01 Å². The normalized spacial score (nSPS) is 16.4. The zero-order valence-electron chi connectivity index (χ0n) is 12.8. The van der Waals surface area contributed by atoms with E-state index in [2.05, 4.69) is 5.10 Å². The van der Waals surface area contributed by atoms with Gasteiger partial charge >= 0.3 is 0 Å². The predicted octanol–water partition coefficient (Wildman–Crippen LogP) is 4.14. The lowest BCUT2D eigenvalue weighted by molar-refractivity contribution is -0.384. The van der Waals surface area contributed by atoms with Crippen molar-refractivity contribution in [2.45, 2.75) is 13.2 Å². The highest BCUT2D eigenvalue weighted by atomic mass is 35.5. The van der Waals surface area contributed by atoms with Crippen molar-refractivity contribution >= 4 is 40.7 Å². The summed E-state index contributed by atoms with van der Waals surface area (Å²) in [5.41, 5.74) is 1.07. The number of hydrogen-bond acceptors (Lipinski definition) is 5. The van der Waals surface area contributed by atoms with Crippen LogP contribution in [0.3, 0.4) is 0 Å². The van der Waals surface area contributed by atoms with Gasteiger partial charge in [-0.3, -0.25) is 14.9 Å². The largest absolute Gasteiger partial charge is 0.446 e. The summed E-state index contributed by atoms with van der Waals surface area (Å²) in [6.07, 6.45) is -0.794. The van der Waals surface area contributed by atoms with Gasteiger partial charge in [0, 0.05) is 30.2 Å². The van der Waals surface area contributed by atoms with Crippen LogP contribution in [-0.2, 0) is 9.53 Å². The highest BCUT2D eigenvalue weighted by Crippen LogP contribution is 2.33. The van der Waals surface area contributed by atoms with Crippen LogP contribution in [0.1, 0.15) is 24.3 Å². The standard InChI is InChI=1S/C16H11Cl2N3O4/c1-9(22)20-16(11-4-7-13(17)14(18)8-11)25-15(19-20)10-2-5-12(6-3-10)21(23)24/h2-8,16H,1H3. The van der Waals surface area contributed by atoms with Gasteiger partial charge in [0.25, 0.3) is 5.69 Å². The smallest absolute Gasteiger partial charge is 0.269 e. The first-order chi connectivity index (χ1) is 11.9. The lowest BCUT2D eigenvalue weighted by Crippen LogP contribution is -2.25. The van der Waals surface area contributed by atoms with E-state index in [0.29, 0.717) is 21.2 Å². The highest BCUT2D eigenvalue weighted by Gasteiger charge is 2.33. The van der Waals surface area contributed by atoms with Crippen LogP contribution in [0.5, 0.6) is 0 Å². The van der Waals surface area contributed by atoms with Crippen LogP contribution >= 0.6 is 23.2 Å². The molecule has 25 heavy (non-hydrogen) atoms. The van der Waals surface area contributed by atoms with Gasteiger partial charge in [-0.15, -0.1) is 5.10 Å². The van der Waals surface area contributed by atoms with Crippen LogP contribution in [0.25, 0.3) is 0 Å². The number of amides is 1. The summed E-state index contributed by atoms with van der Waals surface area (Å²) in [7, 11) is 0. The molecule has 2 aromatic rings. The van der Waals surface area contributed by atoms with Crippen LogP contribution in [0.2, 0.25) is 10.0 Å². The zero-order chi connectivity index (χ0) is 18.1. The number of nitro groups is 1. The van der Waals surface area contributed by atoms with E-state index in [4.69, 9.17) is 27.9 Å². The van der Waals surface area contributed by atoms with Gasteiger partial charge in [0.15, 0.2) is 0 Å². The Morgan fingerprint density at radius 1 is 1.20 bits per heavy atom.